The molecule has 1 N–H and O–H groups in total. The average Bonchev–Trinajstić information content (AvgIpc) is 3.30. The van der Waals surface area contributed by atoms with Crippen LogP contribution >= 0.6 is 0 Å². The van der Waals surface area contributed by atoms with Crippen LogP contribution in [0.15, 0.2) is 70.9 Å². The molecule has 4 rings (SSSR count). The van der Waals surface area contributed by atoms with Gasteiger partial charge in [-0.2, -0.15) is 0 Å². The molecular formula is C22H19NO4. The van der Waals surface area contributed by atoms with E-state index in [4.69, 9.17) is 4.42 Å². The van der Waals surface area contributed by atoms with Gasteiger partial charge in [0.05, 0.1) is 11.8 Å². The molecule has 1 fully saturated rings. The Balaban J connectivity index is 1.95. The summed E-state index contributed by atoms with van der Waals surface area (Å²) in [6.45, 7) is 2.34. The number of hydrogen-bond donors (Lipinski definition) is 1. The highest BCUT2D eigenvalue weighted by atomic mass is 16.3. The molecule has 0 bridgehead atoms. The molecule has 1 saturated heterocycles. The van der Waals surface area contributed by atoms with Crippen molar-refractivity contribution in [1.82, 2.24) is 4.90 Å². The van der Waals surface area contributed by atoms with Gasteiger partial charge in [0.25, 0.3) is 11.7 Å². The Hall–Kier alpha value is -3.34. The number of likely N-dealkylation sites (tertiary alicyclic amines) is 1. The van der Waals surface area contributed by atoms with E-state index in [-0.39, 0.29) is 11.3 Å². The van der Waals surface area contributed by atoms with Crippen LogP contribution in [-0.4, -0.2) is 28.2 Å². The summed E-state index contributed by atoms with van der Waals surface area (Å²) < 4.78 is 5.50. The quantitative estimate of drug-likeness (QED) is 0.428. The SMILES string of the molecule is CCCN1C(=O)C(=O)/C(=C(\O)c2cccc3ccccc23)C1c1ccco1. The van der Waals surface area contributed by atoms with Crippen molar-refractivity contribution in [3.8, 4) is 0 Å². The molecule has 0 aliphatic carbocycles. The molecule has 136 valence electrons. The fourth-order valence-electron chi connectivity index (χ4n) is 3.67. The number of rotatable bonds is 4. The van der Waals surface area contributed by atoms with Crippen LogP contribution in [0.5, 0.6) is 0 Å². The van der Waals surface area contributed by atoms with Gasteiger partial charge >= 0.3 is 0 Å². The van der Waals surface area contributed by atoms with Crippen LogP contribution in [0.25, 0.3) is 16.5 Å². The van der Waals surface area contributed by atoms with Crippen molar-refractivity contribution >= 4 is 28.2 Å². The molecule has 5 heteroatoms. The number of fused-ring (bicyclic) bond motifs is 1. The standard InChI is InChI=1S/C22H19NO4/c1-2-12-23-19(17-11-6-13-27-17)18(21(25)22(23)26)20(24)16-10-5-8-14-7-3-4-9-15(14)16/h3-11,13,19,24H,2,12H2,1H3/b20-18-. The van der Waals surface area contributed by atoms with Crippen molar-refractivity contribution < 1.29 is 19.1 Å². The van der Waals surface area contributed by atoms with E-state index < -0.39 is 17.7 Å². The highest BCUT2D eigenvalue weighted by Crippen LogP contribution is 2.40. The lowest BCUT2D eigenvalue weighted by atomic mass is 9.96. The average molecular weight is 361 g/mol. The van der Waals surface area contributed by atoms with E-state index >= 15 is 0 Å². The zero-order chi connectivity index (χ0) is 19.0. The summed E-state index contributed by atoms with van der Waals surface area (Å²) in [6, 6.07) is 15.8. The van der Waals surface area contributed by atoms with Gasteiger partial charge in [0.2, 0.25) is 0 Å². The molecule has 2 heterocycles. The first-order chi connectivity index (χ1) is 13.1. The van der Waals surface area contributed by atoms with Gasteiger partial charge in [0, 0.05) is 12.1 Å². The van der Waals surface area contributed by atoms with Crippen molar-refractivity contribution in [3.05, 3.63) is 77.8 Å². The molecule has 2 aromatic carbocycles. The number of carbonyl (C=O) groups excluding carboxylic acids is 2. The summed E-state index contributed by atoms with van der Waals surface area (Å²) >= 11 is 0. The number of aliphatic hydroxyl groups excluding tert-OH is 1. The van der Waals surface area contributed by atoms with Crippen LogP contribution in [0.4, 0.5) is 0 Å². The first-order valence-corrected chi connectivity index (χ1v) is 8.93. The highest BCUT2D eigenvalue weighted by Gasteiger charge is 2.47. The molecule has 1 unspecified atom stereocenters. The van der Waals surface area contributed by atoms with Gasteiger partial charge in [-0.15, -0.1) is 0 Å². The number of benzene rings is 2. The lowest BCUT2D eigenvalue weighted by Gasteiger charge is -2.22. The number of nitrogens with zero attached hydrogens (tertiary/aromatic N) is 1. The first kappa shape index (κ1) is 17.1. The summed E-state index contributed by atoms with van der Waals surface area (Å²) in [5.41, 5.74) is 0.596. The third-order valence-corrected chi connectivity index (χ3v) is 4.86. The second kappa shape index (κ2) is 6.76. The molecule has 1 aliphatic heterocycles. The third kappa shape index (κ3) is 2.72. The summed E-state index contributed by atoms with van der Waals surface area (Å²) in [5.74, 6) is -1.01. The van der Waals surface area contributed by atoms with Crippen molar-refractivity contribution in [2.75, 3.05) is 6.54 Å². The van der Waals surface area contributed by atoms with Crippen molar-refractivity contribution in [2.45, 2.75) is 19.4 Å². The van der Waals surface area contributed by atoms with E-state index in [1.54, 1.807) is 18.2 Å². The van der Waals surface area contributed by atoms with Crippen LogP contribution in [0.3, 0.4) is 0 Å². The normalized spacial score (nSPS) is 19.1. The predicted molar refractivity (Wildman–Crippen MR) is 102 cm³/mol. The van der Waals surface area contributed by atoms with Gasteiger partial charge < -0.3 is 14.4 Å². The smallest absolute Gasteiger partial charge is 0.295 e. The van der Waals surface area contributed by atoms with Crippen LogP contribution in [0.1, 0.15) is 30.7 Å². The number of Topliss-reactive ketones (excluding diaryl/α,β-unsaturated/α-hetero) is 1. The Morgan fingerprint density at radius 3 is 2.59 bits per heavy atom. The zero-order valence-electron chi connectivity index (χ0n) is 14.9. The number of amides is 1. The molecule has 3 aromatic rings. The minimum atomic E-state index is -0.723. The second-order valence-electron chi connectivity index (χ2n) is 6.53. The van der Waals surface area contributed by atoms with E-state index in [1.165, 1.54) is 11.2 Å². The molecule has 0 saturated carbocycles. The van der Waals surface area contributed by atoms with Gasteiger partial charge in [-0.1, -0.05) is 49.4 Å². The maximum atomic E-state index is 12.8. The Bertz CT molecular complexity index is 1040. The van der Waals surface area contributed by atoms with E-state index in [2.05, 4.69) is 0 Å². The van der Waals surface area contributed by atoms with Gasteiger partial charge in [0.15, 0.2) is 0 Å². The number of furan rings is 1. The maximum absolute atomic E-state index is 12.8. The van der Waals surface area contributed by atoms with Crippen molar-refractivity contribution in [1.29, 1.82) is 0 Å². The number of ketones is 1. The molecule has 1 aliphatic rings. The monoisotopic (exact) mass is 361 g/mol. The summed E-state index contributed by atoms with van der Waals surface area (Å²) in [4.78, 5) is 26.9. The first-order valence-electron chi connectivity index (χ1n) is 8.93. The maximum Gasteiger partial charge on any atom is 0.295 e. The third-order valence-electron chi connectivity index (χ3n) is 4.86. The molecule has 1 amide bonds. The Kier molecular flexibility index (Phi) is 4.28. The second-order valence-corrected chi connectivity index (χ2v) is 6.53. The molecule has 27 heavy (non-hydrogen) atoms. The van der Waals surface area contributed by atoms with E-state index in [0.29, 0.717) is 24.3 Å². The number of hydrogen-bond acceptors (Lipinski definition) is 4. The molecule has 5 nitrogen and oxygen atoms in total. The van der Waals surface area contributed by atoms with E-state index in [1.807, 2.05) is 43.3 Å². The van der Waals surface area contributed by atoms with Crippen LogP contribution < -0.4 is 0 Å². The van der Waals surface area contributed by atoms with Crippen molar-refractivity contribution in [2.24, 2.45) is 0 Å². The fraction of sp³-hybridized carbons (Fsp3) is 0.182. The Morgan fingerprint density at radius 2 is 1.85 bits per heavy atom. The fourth-order valence-corrected chi connectivity index (χ4v) is 3.67. The molecule has 0 radical (unpaired) electrons. The van der Waals surface area contributed by atoms with Gasteiger partial charge in [-0.25, -0.2) is 0 Å². The van der Waals surface area contributed by atoms with Crippen LogP contribution in [-0.2, 0) is 9.59 Å². The minimum absolute atomic E-state index is 0.0692. The lowest BCUT2D eigenvalue weighted by molar-refractivity contribution is -0.140. The molecule has 1 atom stereocenters. The van der Waals surface area contributed by atoms with Gasteiger partial charge in [0.1, 0.15) is 17.6 Å². The molecule has 1 aromatic heterocycles. The Labute approximate surface area is 156 Å². The van der Waals surface area contributed by atoms with Crippen molar-refractivity contribution in [3.63, 3.8) is 0 Å². The minimum Gasteiger partial charge on any atom is -0.507 e. The lowest BCUT2D eigenvalue weighted by Crippen LogP contribution is -2.30. The largest absolute Gasteiger partial charge is 0.507 e. The van der Waals surface area contributed by atoms with E-state index in [9.17, 15) is 14.7 Å². The van der Waals surface area contributed by atoms with E-state index in [0.717, 1.165) is 10.8 Å². The van der Waals surface area contributed by atoms with Crippen LogP contribution in [0.2, 0.25) is 0 Å². The van der Waals surface area contributed by atoms with Gasteiger partial charge in [-0.3, -0.25) is 9.59 Å². The Morgan fingerprint density at radius 1 is 1.07 bits per heavy atom. The van der Waals surface area contributed by atoms with Gasteiger partial charge in [-0.05, 0) is 29.3 Å². The zero-order valence-corrected chi connectivity index (χ0v) is 14.9. The topological polar surface area (TPSA) is 70.8 Å². The molecular weight excluding hydrogens is 342 g/mol. The summed E-state index contributed by atoms with van der Waals surface area (Å²) in [5, 5.41) is 12.9. The summed E-state index contributed by atoms with van der Waals surface area (Å²) in [6.07, 6.45) is 2.19. The number of aliphatic hydroxyl groups is 1. The predicted octanol–water partition coefficient (Wildman–Crippen LogP) is 4.26. The van der Waals surface area contributed by atoms with Crippen LogP contribution in [0, 0.1) is 0 Å². The molecule has 0 spiro atoms. The summed E-state index contributed by atoms with van der Waals surface area (Å²) in [7, 11) is 0. The number of carbonyl (C=O) groups is 2. The highest BCUT2D eigenvalue weighted by molar-refractivity contribution is 6.46.